The molecule has 0 aliphatic heterocycles. The Hall–Kier alpha value is -2.43. The van der Waals surface area contributed by atoms with Crippen LogP contribution in [-0.2, 0) is 11.2 Å². The second-order valence-electron chi connectivity index (χ2n) is 4.83. The third-order valence-corrected chi connectivity index (χ3v) is 3.22. The number of anilines is 1. The van der Waals surface area contributed by atoms with Crippen molar-refractivity contribution < 1.29 is 18.3 Å². The summed E-state index contributed by atoms with van der Waals surface area (Å²) in [7, 11) is 0. The van der Waals surface area contributed by atoms with E-state index in [2.05, 4.69) is 5.32 Å². The molecular weight excluding hydrogens is 288 g/mol. The summed E-state index contributed by atoms with van der Waals surface area (Å²) >= 11 is 0. The molecule has 0 saturated heterocycles. The van der Waals surface area contributed by atoms with Gasteiger partial charge in [-0.2, -0.15) is 0 Å². The number of para-hydroxylation sites is 1. The Bertz CT molecular complexity index is 673. The van der Waals surface area contributed by atoms with E-state index < -0.39 is 23.6 Å². The van der Waals surface area contributed by atoms with Crippen LogP contribution in [0.1, 0.15) is 19.4 Å². The minimum Gasteiger partial charge on any atom is -0.481 e. The lowest BCUT2D eigenvalue weighted by Gasteiger charge is -2.17. The van der Waals surface area contributed by atoms with Gasteiger partial charge in [0.2, 0.25) is 0 Å². The SMILES string of the molecule is CCc1ccccc1O[C@@H](C)C(=O)Nc1ccc(F)cc1F. The zero-order chi connectivity index (χ0) is 16.1. The van der Waals surface area contributed by atoms with Crippen molar-refractivity contribution in [1.29, 1.82) is 0 Å². The lowest BCUT2D eigenvalue weighted by molar-refractivity contribution is -0.122. The molecule has 116 valence electrons. The first-order chi connectivity index (χ1) is 10.5. The van der Waals surface area contributed by atoms with Gasteiger partial charge in [-0.25, -0.2) is 8.78 Å². The van der Waals surface area contributed by atoms with Crippen molar-refractivity contribution in [1.82, 2.24) is 0 Å². The van der Waals surface area contributed by atoms with Crippen LogP contribution in [0.15, 0.2) is 42.5 Å². The maximum atomic E-state index is 13.5. The Morgan fingerprint density at radius 3 is 2.64 bits per heavy atom. The van der Waals surface area contributed by atoms with Crippen molar-refractivity contribution in [3.63, 3.8) is 0 Å². The fourth-order valence-corrected chi connectivity index (χ4v) is 1.98. The maximum absolute atomic E-state index is 13.5. The minimum atomic E-state index is -0.825. The number of amides is 1. The van der Waals surface area contributed by atoms with Crippen molar-refractivity contribution >= 4 is 11.6 Å². The smallest absolute Gasteiger partial charge is 0.265 e. The predicted octanol–water partition coefficient (Wildman–Crippen LogP) is 3.93. The van der Waals surface area contributed by atoms with Gasteiger partial charge in [0.25, 0.3) is 5.91 Å². The molecule has 0 fully saturated rings. The molecule has 0 radical (unpaired) electrons. The van der Waals surface area contributed by atoms with Crippen LogP contribution in [0.3, 0.4) is 0 Å². The summed E-state index contributed by atoms with van der Waals surface area (Å²) in [6, 6.07) is 10.4. The highest BCUT2D eigenvalue weighted by atomic mass is 19.1. The van der Waals surface area contributed by atoms with Crippen LogP contribution in [0.4, 0.5) is 14.5 Å². The molecule has 1 N–H and O–H groups in total. The minimum absolute atomic E-state index is 0.0781. The number of hydrogen-bond donors (Lipinski definition) is 1. The van der Waals surface area contributed by atoms with Crippen LogP contribution < -0.4 is 10.1 Å². The molecule has 2 aromatic carbocycles. The first-order valence-electron chi connectivity index (χ1n) is 7.01. The summed E-state index contributed by atoms with van der Waals surface area (Å²) in [4.78, 5) is 12.1. The molecular formula is C17H17F2NO2. The number of ether oxygens (including phenoxy) is 1. The van der Waals surface area contributed by atoms with Gasteiger partial charge in [0.05, 0.1) is 5.69 Å². The summed E-state index contributed by atoms with van der Waals surface area (Å²) in [5, 5.41) is 2.39. The van der Waals surface area contributed by atoms with Crippen LogP contribution in [0.5, 0.6) is 5.75 Å². The van der Waals surface area contributed by atoms with E-state index in [9.17, 15) is 13.6 Å². The highest BCUT2D eigenvalue weighted by Gasteiger charge is 2.17. The molecule has 0 bridgehead atoms. The molecule has 1 atom stereocenters. The van der Waals surface area contributed by atoms with Crippen LogP contribution in [0.2, 0.25) is 0 Å². The Balaban J connectivity index is 2.06. The monoisotopic (exact) mass is 305 g/mol. The average Bonchev–Trinajstić information content (AvgIpc) is 2.50. The Labute approximate surface area is 127 Å². The van der Waals surface area contributed by atoms with E-state index in [-0.39, 0.29) is 5.69 Å². The second kappa shape index (κ2) is 7.02. The fourth-order valence-electron chi connectivity index (χ4n) is 1.98. The van der Waals surface area contributed by atoms with Gasteiger partial charge < -0.3 is 10.1 Å². The van der Waals surface area contributed by atoms with Crippen LogP contribution in [0, 0.1) is 11.6 Å². The number of carbonyl (C=O) groups excluding carboxylic acids is 1. The highest BCUT2D eigenvalue weighted by Crippen LogP contribution is 2.21. The van der Waals surface area contributed by atoms with Crippen molar-refractivity contribution in [2.75, 3.05) is 5.32 Å². The number of hydrogen-bond acceptors (Lipinski definition) is 2. The van der Waals surface area contributed by atoms with Crippen molar-refractivity contribution in [3.8, 4) is 5.75 Å². The number of aryl methyl sites for hydroxylation is 1. The van der Waals surface area contributed by atoms with Crippen LogP contribution >= 0.6 is 0 Å². The molecule has 0 aromatic heterocycles. The van der Waals surface area contributed by atoms with E-state index in [1.807, 2.05) is 25.1 Å². The predicted molar refractivity (Wildman–Crippen MR) is 80.9 cm³/mol. The van der Waals surface area contributed by atoms with Crippen LogP contribution in [0.25, 0.3) is 0 Å². The number of benzene rings is 2. The van der Waals surface area contributed by atoms with E-state index in [4.69, 9.17) is 4.74 Å². The number of rotatable bonds is 5. The molecule has 0 heterocycles. The fraction of sp³-hybridized carbons (Fsp3) is 0.235. The maximum Gasteiger partial charge on any atom is 0.265 e. The van der Waals surface area contributed by atoms with Gasteiger partial charge in [-0.3, -0.25) is 4.79 Å². The number of halogens is 2. The molecule has 0 unspecified atom stereocenters. The van der Waals surface area contributed by atoms with Gasteiger partial charge >= 0.3 is 0 Å². The van der Waals surface area contributed by atoms with Gasteiger partial charge in [-0.15, -0.1) is 0 Å². The van der Waals surface area contributed by atoms with E-state index in [0.717, 1.165) is 18.1 Å². The molecule has 2 aromatic rings. The van der Waals surface area contributed by atoms with Crippen molar-refractivity contribution in [3.05, 3.63) is 59.7 Å². The lowest BCUT2D eigenvalue weighted by Crippen LogP contribution is -2.30. The average molecular weight is 305 g/mol. The quantitative estimate of drug-likeness (QED) is 0.909. The van der Waals surface area contributed by atoms with E-state index in [1.54, 1.807) is 13.0 Å². The highest BCUT2D eigenvalue weighted by molar-refractivity contribution is 5.94. The first-order valence-corrected chi connectivity index (χ1v) is 7.01. The van der Waals surface area contributed by atoms with Crippen LogP contribution in [-0.4, -0.2) is 12.0 Å². The van der Waals surface area contributed by atoms with Gasteiger partial charge in [0.1, 0.15) is 17.4 Å². The number of carbonyl (C=O) groups is 1. The summed E-state index contributed by atoms with van der Waals surface area (Å²) in [5.41, 5.74) is 0.903. The Kier molecular flexibility index (Phi) is 5.09. The normalized spacial score (nSPS) is 11.8. The molecule has 0 aliphatic rings. The summed E-state index contributed by atoms with van der Waals surface area (Å²) in [6.45, 7) is 3.56. The molecule has 0 spiro atoms. The third kappa shape index (κ3) is 3.81. The van der Waals surface area contributed by atoms with Gasteiger partial charge in [0, 0.05) is 6.07 Å². The van der Waals surface area contributed by atoms with Gasteiger partial charge in [-0.1, -0.05) is 25.1 Å². The van der Waals surface area contributed by atoms with Crippen molar-refractivity contribution in [2.24, 2.45) is 0 Å². The van der Waals surface area contributed by atoms with Crippen molar-refractivity contribution in [2.45, 2.75) is 26.4 Å². The standard InChI is InChI=1S/C17H17F2NO2/c1-3-12-6-4-5-7-16(12)22-11(2)17(21)20-15-9-8-13(18)10-14(15)19/h4-11H,3H2,1-2H3,(H,20,21)/t11-/m0/s1. The molecule has 22 heavy (non-hydrogen) atoms. The second-order valence-corrected chi connectivity index (χ2v) is 4.83. The zero-order valence-electron chi connectivity index (χ0n) is 12.4. The molecule has 5 heteroatoms. The summed E-state index contributed by atoms with van der Waals surface area (Å²) < 4.78 is 32.0. The zero-order valence-corrected chi connectivity index (χ0v) is 12.4. The summed E-state index contributed by atoms with van der Waals surface area (Å²) in [6.07, 6.45) is -0.0333. The van der Waals surface area contributed by atoms with Gasteiger partial charge in [-0.05, 0) is 37.1 Å². The largest absolute Gasteiger partial charge is 0.481 e. The molecule has 0 saturated carbocycles. The first kappa shape index (κ1) is 15.9. The van der Waals surface area contributed by atoms with E-state index in [1.165, 1.54) is 6.07 Å². The molecule has 2 rings (SSSR count). The Morgan fingerprint density at radius 2 is 1.95 bits per heavy atom. The van der Waals surface area contributed by atoms with Gasteiger partial charge in [0.15, 0.2) is 6.10 Å². The number of nitrogens with one attached hydrogen (secondary N) is 1. The molecule has 1 amide bonds. The van der Waals surface area contributed by atoms with E-state index in [0.29, 0.717) is 11.8 Å². The molecule has 3 nitrogen and oxygen atoms in total. The van der Waals surface area contributed by atoms with E-state index >= 15 is 0 Å². The third-order valence-electron chi connectivity index (χ3n) is 3.22. The Morgan fingerprint density at radius 1 is 1.23 bits per heavy atom. The summed E-state index contributed by atoms with van der Waals surface area (Å²) in [5.74, 6) is -1.41. The molecule has 0 aliphatic carbocycles. The lowest BCUT2D eigenvalue weighted by atomic mass is 10.1. The topological polar surface area (TPSA) is 38.3 Å².